The number of alkyl halides is 3. The number of carbonyl (C=O) groups excluding carboxylic acids is 2. The Balaban J connectivity index is 1.46. The van der Waals surface area contributed by atoms with Gasteiger partial charge in [0.15, 0.2) is 0 Å². The van der Waals surface area contributed by atoms with Crippen LogP contribution < -0.4 is 5.32 Å². The van der Waals surface area contributed by atoms with Gasteiger partial charge in [0.2, 0.25) is 0 Å². The molecule has 1 aromatic heterocycles. The summed E-state index contributed by atoms with van der Waals surface area (Å²) in [7, 11) is 0. The van der Waals surface area contributed by atoms with Crippen molar-refractivity contribution in [2.75, 3.05) is 39.3 Å². The van der Waals surface area contributed by atoms with Crippen LogP contribution in [0.2, 0.25) is 0 Å². The number of carbonyl (C=O) groups is 2. The zero-order valence-electron chi connectivity index (χ0n) is 15.0. The van der Waals surface area contributed by atoms with Crippen LogP contribution in [0, 0.1) is 0 Å². The molecule has 2 amide bonds. The minimum atomic E-state index is -4.47. The molecule has 1 saturated heterocycles. The highest BCUT2D eigenvalue weighted by Crippen LogP contribution is 2.29. The fourth-order valence-corrected chi connectivity index (χ4v) is 3.65. The van der Waals surface area contributed by atoms with Crippen LogP contribution in [0.1, 0.15) is 25.6 Å². The van der Waals surface area contributed by atoms with E-state index in [-0.39, 0.29) is 11.5 Å². The molecule has 0 saturated carbocycles. The Bertz CT molecular complexity index is 816. The van der Waals surface area contributed by atoms with E-state index in [4.69, 9.17) is 0 Å². The van der Waals surface area contributed by atoms with E-state index in [9.17, 15) is 22.8 Å². The smallest absolute Gasteiger partial charge is 0.350 e. The van der Waals surface area contributed by atoms with Crippen LogP contribution in [0.3, 0.4) is 0 Å². The number of rotatable bonds is 5. The van der Waals surface area contributed by atoms with Gasteiger partial charge in [-0.2, -0.15) is 13.2 Å². The summed E-state index contributed by atoms with van der Waals surface area (Å²) in [5, 5.41) is 4.70. The van der Waals surface area contributed by atoms with Gasteiger partial charge in [-0.15, -0.1) is 11.3 Å². The van der Waals surface area contributed by atoms with Crippen LogP contribution in [0.4, 0.5) is 13.2 Å². The lowest BCUT2D eigenvalue weighted by Crippen LogP contribution is -2.50. The van der Waals surface area contributed by atoms with Gasteiger partial charge >= 0.3 is 6.18 Å². The van der Waals surface area contributed by atoms with Gasteiger partial charge in [0.05, 0.1) is 10.4 Å². The molecule has 150 valence electrons. The summed E-state index contributed by atoms with van der Waals surface area (Å²) >= 11 is 1.38. The molecule has 0 unspecified atom stereocenters. The van der Waals surface area contributed by atoms with Crippen LogP contribution >= 0.6 is 11.3 Å². The van der Waals surface area contributed by atoms with Crippen LogP contribution in [0.5, 0.6) is 0 Å². The summed E-state index contributed by atoms with van der Waals surface area (Å²) < 4.78 is 38.5. The van der Waals surface area contributed by atoms with Crippen molar-refractivity contribution in [2.45, 2.75) is 6.18 Å². The Morgan fingerprint density at radius 1 is 1.07 bits per heavy atom. The van der Waals surface area contributed by atoms with E-state index in [0.29, 0.717) is 44.1 Å². The molecule has 1 aliphatic rings. The van der Waals surface area contributed by atoms with Crippen molar-refractivity contribution in [3.8, 4) is 0 Å². The van der Waals surface area contributed by atoms with Crippen LogP contribution in [-0.4, -0.2) is 60.9 Å². The van der Waals surface area contributed by atoms with E-state index in [1.165, 1.54) is 23.5 Å². The second-order valence-electron chi connectivity index (χ2n) is 6.45. The summed E-state index contributed by atoms with van der Waals surface area (Å²) in [6, 6.07) is 8.10. The third-order valence-electron chi connectivity index (χ3n) is 4.55. The fraction of sp³-hybridized carbons (Fsp3) is 0.368. The lowest BCUT2D eigenvalue weighted by molar-refractivity contribution is -0.137. The first-order valence-corrected chi connectivity index (χ1v) is 9.73. The van der Waals surface area contributed by atoms with Gasteiger partial charge in [0.25, 0.3) is 11.8 Å². The highest BCUT2D eigenvalue weighted by atomic mass is 32.1. The first kappa shape index (κ1) is 20.3. The predicted octanol–water partition coefficient (Wildman–Crippen LogP) is 2.95. The zero-order valence-corrected chi connectivity index (χ0v) is 15.9. The number of thiophene rings is 1. The Labute approximate surface area is 164 Å². The summed E-state index contributed by atoms with van der Waals surface area (Å²) in [5.41, 5.74) is -0.773. The van der Waals surface area contributed by atoms with Crippen LogP contribution in [0.15, 0.2) is 41.8 Å². The molecule has 0 bridgehead atoms. The fourth-order valence-electron chi connectivity index (χ4n) is 3.01. The molecule has 2 heterocycles. The molecule has 1 N–H and O–H groups in total. The molecule has 1 fully saturated rings. The van der Waals surface area contributed by atoms with Crippen molar-refractivity contribution in [1.29, 1.82) is 0 Å². The minimum Gasteiger partial charge on any atom is -0.350 e. The second-order valence-corrected chi connectivity index (χ2v) is 7.39. The summed E-state index contributed by atoms with van der Waals surface area (Å²) in [6.45, 7) is 3.25. The number of benzene rings is 1. The lowest BCUT2D eigenvalue weighted by Gasteiger charge is -2.34. The van der Waals surface area contributed by atoms with Crippen LogP contribution in [0.25, 0.3) is 0 Å². The standard InChI is InChI=1S/C19H20F3N3O2S/c20-19(21,22)15-4-1-3-14(13-15)18(27)25-10-8-24(9-11-25)7-6-23-17(26)16-5-2-12-28-16/h1-5,12-13H,6-11H2,(H,23,26). The molecular weight excluding hydrogens is 391 g/mol. The Kier molecular flexibility index (Phi) is 6.35. The molecule has 5 nitrogen and oxygen atoms in total. The molecule has 3 rings (SSSR count). The third-order valence-corrected chi connectivity index (χ3v) is 5.42. The Morgan fingerprint density at radius 2 is 1.82 bits per heavy atom. The number of hydrogen-bond acceptors (Lipinski definition) is 4. The topological polar surface area (TPSA) is 52.7 Å². The maximum Gasteiger partial charge on any atom is 0.416 e. The van der Waals surface area contributed by atoms with Crippen LogP contribution in [-0.2, 0) is 6.18 Å². The first-order chi connectivity index (χ1) is 13.3. The van der Waals surface area contributed by atoms with E-state index in [1.54, 1.807) is 11.0 Å². The van der Waals surface area contributed by atoms with E-state index in [0.717, 1.165) is 12.1 Å². The highest BCUT2D eigenvalue weighted by Gasteiger charge is 2.31. The lowest BCUT2D eigenvalue weighted by atomic mass is 10.1. The predicted molar refractivity (Wildman–Crippen MR) is 100 cm³/mol. The second kappa shape index (κ2) is 8.74. The first-order valence-electron chi connectivity index (χ1n) is 8.85. The molecule has 2 aromatic rings. The molecule has 0 aliphatic carbocycles. The number of amides is 2. The summed E-state index contributed by atoms with van der Waals surface area (Å²) in [4.78, 5) is 28.7. The van der Waals surface area contributed by atoms with Gasteiger partial charge < -0.3 is 10.2 Å². The van der Waals surface area contributed by atoms with Crippen molar-refractivity contribution in [3.63, 3.8) is 0 Å². The van der Waals surface area contributed by atoms with Gasteiger partial charge in [0.1, 0.15) is 0 Å². The van der Waals surface area contributed by atoms with Gasteiger partial charge in [-0.3, -0.25) is 14.5 Å². The Hall–Kier alpha value is -2.39. The maximum absolute atomic E-state index is 12.8. The highest BCUT2D eigenvalue weighted by molar-refractivity contribution is 7.12. The molecule has 1 aromatic carbocycles. The van der Waals surface area contributed by atoms with E-state index in [2.05, 4.69) is 10.2 Å². The number of nitrogens with zero attached hydrogens (tertiary/aromatic N) is 2. The summed E-state index contributed by atoms with van der Waals surface area (Å²) in [5.74, 6) is -0.495. The maximum atomic E-state index is 12.8. The van der Waals surface area contributed by atoms with Gasteiger partial charge in [-0.05, 0) is 29.6 Å². The molecule has 0 atom stereocenters. The van der Waals surface area contributed by atoms with Crippen molar-refractivity contribution < 1.29 is 22.8 Å². The molecular formula is C19H20F3N3O2S. The van der Waals surface area contributed by atoms with Gasteiger partial charge in [-0.25, -0.2) is 0 Å². The molecule has 9 heteroatoms. The quantitative estimate of drug-likeness (QED) is 0.823. The Morgan fingerprint density at radius 3 is 2.46 bits per heavy atom. The van der Waals surface area contributed by atoms with Crippen molar-refractivity contribution in [2.24, 2.45) is 0 Å². The van der Waals surface area contributed by atoms with Crippen molar-refractivity contribution in [1.82, 2.24) is 15.1 Å². The van der Waals surface area contributed by atoms with Gasteiger partial charge in [-0.1, -0.05) is 12.1 Å². The van der Waals surface area contributed by atoms with Gasteiger partial charge in [0, 0.05) is 44.8 Å². The monoisotopic (exact) mass is 411 g/mol. The molecule has 1 aliphatic heterocycles. The SMILES string of the molecule is O=C(NCCN1CCN(C(=O)c2cccc(C(F)(F)F)c2)CC1)c1cccs1. The molecule has 0 spiro atoms. The van der Waals surface area contributed by atoms with E-state index >= 15 is 0 Å². The number of halogens is 3. The average Bonchev–Trinajstić information content (AvgIpc) is 3.22. The average molecular weight is 411 g/mol. The number of hydrogen-bond donors (Lipinski definition) is 1. The van der Waals surface area contributed by atoms with E-state index in [1.807, 2.05) is 11.4 Å². The normalized spacial score (nSPS) is 15.5. The zero-order chi connectivity index (χ0) is 20.1. The van der Waals surface area contributed by atoms with E-state index < -0.39 is 17.6 Å². The number of piperazine rings is 1. The van der Waals surface area contributed by atoms with Crippen molar-refractivity contribution >= 4 is 23.2 Å². The summed E-state index contributed by atoms with van der Waals surface area (Å²) in [6.07, 6.45) is -4.47. The third kappa shape index (κ3) is 5.11. The largest absolute Gasteiger partial charge is 0.416 e. The number of nitrogens with one attached hydrogen (secondary N) is 1. The molecule has 0 radical (unpaired) electrons. The minimum absolute atomic E-state index is 0.0477. The van der Waals surface area contributed by atoms with Crippen molar-refractivity contribution in [3.05, 3.63) is 57.8 Å². The molecule has 28 heavy (non-hydrogen) atoms.